The highest BCUT2D eigenvalue weighted by atomic mass is 35.5. The number of alkyl halides is 1. The zero-order valence-electron chi connectivity index (χ0n) is 10.2. The Morgan fingerprint density at radius 1 is 1.28 bits per heavy atom. The molecule has 1 aliphatic carbocycles. The second-order valence-corrected chi connectivity index (χ2v) is 5.12. The van der Waals surface area contributed by atoms with E-state index >= 15 is 0 Å². The van der Waals surface area contributed by atoms with Crippen LogP contribution in [0.15, 0.2) is 30.3 Å². The van der Waals surface area contributed by atoms with Crippen molar-refractivity contribution in [1.82, 2.24) is 4.98 Å². The van der Waals surface area contributed by atoms with Gasteiger partial charge in [-0.25, -0.2) is 4.98 Å². The van der Waals surface area contributed by atoms with E-state index in [1.165, 1.54) is 12.8 Å². The van der Waals surface area contributed by atoms with Gasteiger partial charge in [0.25, 0.3) is 0 Å². The van der Waals surface area contributed by atoms with Crippen molar-refractivity contribution in [3.63, 3.8) is 0 Å². The van der Waals surface area contributed by atoms with Gasteiger partial charge in [0.2, 0.25) is 5.88 Å². The van der Waals surface area contributed by atoms with E-state index in [1.807, 2.05) is 24.3 Å². The summed E-state index contributed by atoms with van der Waals surface area (Å²) in [7, 11) is 0. The number of pyridine rings is 1. The predicted octanol–water partition coefficient (Wildman–Crippen LogP) is 4.15. The van der Waals surface area contributed by atoms with Crippen molar-refractivity contribution in [2.75, 3.05) is 6.61 Å². The summed E-state index contributed by atoms with van der Waals surface area (Å²) in [4.78, 5) is 4.48. The second-order valence-electron chi connectivity index (χ2n) is 4.85. The minimum Gasteiger partial charge on any atom is -0.477 e. The molecule has 3 heteroatoms. The molecule has 0 aliphatic heterocycles. The quantitative estimate of drug-likeness (QED) is 0.755. The summed E-state index contributed by atoms with van der Waals surface area (Å²) >= 11 is 5.88. The van der Waals surface area contributed by atoms with Crippen LogP contribution in [0.5, 0.6) is 5.88 Å². The number of benzene rings is 1. The largest absolute Gasteiger partial charge is 0.477 e. The fourth-order valence-electron chi connectivity index (χ4n) is 2.13. The lowest BCUT2D eigenvalue weighted by Crippen LogP contribution is -2.02. The summed E-state index contributed by atoms with van der Waals surface area (Å²) < 4.78 is 5.84. The summed E-state index contributed by atoms with van der Waals surface area (Å²) in [5.41, 5.74) is 0.872. The fraction of sp³-hybridized carbons (Fsp3) is 0.400. The van der Waals surface area contributed by atoms with Gasteiger partial charge >= 0.3 is 0 Å². The van der Waals surface area contributed by atoms with Crippen LogP contribution in [0, 0.1) is 5.92 Å². The lowest BCUT2D eigenvalue weighted by molar-refractivity contribution is 0.294. The monoisotopic (exact) mass is 261 g/mol. The van der Waals surface area contributed by atoms with E-state index in [1.54, 1.807) is 0 Å². The first-order valence-electron chi connectivity index (χ1n) is 6.44. The fourth-order valence-corrected chi connectivity index (χ4v) is 2.26. The van der Waals surface area contributed by atoms with Gasteiger partial charge in [0.05, 0.1) is 18.2 Å². The highest BCUT2D eigenvalue weighted by Crippen LogP contribution is 2.32. The SMILES string of the molecule is ClCc1cc2ccccc2c(OCCC2CC2)n1. The van der Waals surface area contributed by atoms with Crippen LogP contribution in [0.3, 0.4) is 0 Å². The Labute approximate surface area is 112 Å². The average molecular weight is 262 g/mol. The highest BCUT2D eigenvalue weighted by molar-refractivity contribution is 6.17. The first-order valence-corrected chi connectivity index (χ1v) is 6.97. The minimum absolute atomic E-state index is 0.420. The van der Waals surface area contributed by atoms with Gasteiger partial charge in [0.1, 0.15) is 0 Å². The number of fused-ring (bicyclic) bond motifs is 1. The molecule has 18 heavy (non-hydrogen) atoms. The highest BCUT2D eigenvalue weighted by Gasteiger charge is 2.21. The summed E-state index contributed by atoms with van der Waals surface area (Å²) in [6, 6.07) is 10.2. The molecule has 1 heterocycles. The summed E-state index contributed by atoms with van der Waals surface area (Å²) in [5, 5.41) is 2.21. The molecule has 0 unspecified atom stereocenters. The van der Waals surface area contributed by atoms with Crippen molar-refractivity contribution in [3.8, 4) is 5.88 Å². The molecule has 3 rings (SSSR count). The summed E-state index contributed by atoms with van der Waals surface area (Å²) in [6.45, 7) is 0.757. The molecule has 0 saturated heterocycles. The maximum absolute atomic E-state index is 5.88. The Morgan fingerprint density at radius 3 is 2.89 bits per heavy atom. The molecule has 94 valence electrons. The van der Waals surface area contributed by atoms with E-state index in [0.29, 0.717) is 5.88 Å². The molecule has 0 N–H and O–H groups in total. The number of hydrogen-bond acceptors (Lipinski definition) is 2. The molecule has 1 fully saturated rings. The predicted molar refractivity (Wildman–Crippen MR) is 74.1 cm³/mol. The van der Waals surface area contributed by atoms with Crippen molar-refractivity contribution >= 4 is 22.4 Å². The standard InChI is InChI=1S/C15H16ClNO/c16-10-13-9-12-3-1-2-4-14(12)15(17-13)18-8-7-11-5-6-11/h1-4,9,11H,5-8,10H2. The second kappa shape index (κ2) is 5.15. The summed E-state index contributed by atoms with van der Waals surface area (Å²) in [5.74, 6) is 2.03. The van der Waals surface area contributed by atoms with Crippen molar-refractivity contribution in [1.29, 1.82) is 0 Å². The number of nitrogens with zero attached hydrogens (tertiary/aromatic N) is 1. The van der Waals surface area contributed by atoms with Crippen LogP contribution in [0.2, 0.25) is 0 Å². The third kappa shape index (κ3) is 2.59. The lowest BCUT2D eigenvalue weighted by Gasteiger charge is -2.09. The van der Waals surface area contributed by atoms with Gasteiger partial charge in [-0.2, -0.15) is 0 Å². The van der Waals surface area contributed by atoms with Crippen LogP contribution in [0.4, 0.5) is 0 Å². The smallest absolute Gasteiger partial charge is 0.221 e. The van der Waals surface area contributed by atoms with E-state index in [0.717, 1.165) is 41.3 Å². The molecule has 0 bridgehead atoms. The zero-order chi connectivity index (χ0) is 12.4. The molecule has 0 amide bonds. The van der Waals surface area contributed by atoms with Gasteiger partial charge in [0.15, 0.2) is 0 Å². The molecular weight excluding hydrogens is 246 g/mol. The van der Waals surface area contributed by atoms with Crippen molar-refractivity contribution in [2.24, 2.45) is 5.92 Å². The minimum atomic E-state index is 0.420. The Balaban J connectivity index is 1.86. The van der Waals surface area contributed by atoms with E-state index < -0.39 is 0 Å². The van der Waals surface area contributed by atoms with Gasteiger partial charge in [-0.15, -0.1) is 11.6 Å². The zero-order valence-corrected chi connectivity index (χ0v) is 11.0. The maximum Gasteiger partial charge on any atom is 0.221 e. The van der Waals surface area contributed by atoms with Crippen molar-refractivity contribution < 1.29 is 4.74 Å². The summed E-state index contributed by atoms with van der Waals surface area (Å²) in [6.07, 6.45) is 3.86. The van der Waals surface area contributed by atoms with Gasteiger partial charge in [-0.05, 0) is 29.9 Å². The molecule has 0 spiro atoms. The van der Waals surface area contributed by atoms with Gasteiger partial charge < -0.3 is 4.74 Å². The Morgan fingerprint density at radius 2 is 2.11 bits per heavy atom. The van der Waals surface area contributed by atoms with Gasteiger partial charge in [0, 0.05) is 5.39 Å². The molecule has 0 radical (unpaired) electrons. The molecule has 2 aromatic rings. The maximum atomic E-state index is 5.88. The van der Waals surface area contributed by atoms with Crippen LogP contribution in [0.1, 0.15) is 25.0 Å². The van der Waals surface area contributed by atoms with E-state index in [-0.39, 0.29) is 0 Å². The first kappa shape index (κ1) is 11.8. The molecule has 1 aromatic carbocycles. The Hall–Kier alpha value is -1.28. The van der Waals surface area contributed by atoms with Crippen LogP contribution < -0.4 is 4.74 Å². The van der Waals surface area contributed by atoms with Crippen LogP contribution in [-0.4, -0.2) is 11.6 Å². The number of hydrogen-bond donors (Lipinski definition) is 0. The van der Waals surface area contributed by atoms with E-state index in [9.17, 15) is 0 Å². The number of aromatic nitrogens is 1. The topological polar surface area (TPSA) is 22.1 Å². The first-order chi connectivity index (χ1) is 8.86. The average Bonchev–Trinajstić information content (AvgIpc) is 3.22. The third-order valence-electron chi connectivity index (χ3n) is 3.36. The van der Waals surface area contributed by atoms with Crippen molar-refractivity contribution in [2.45, 2.75) is 25.1 Å². The lowest BCUT2D eigenvalue weighted by atomic mass is 10.1. The van der Waals surface area contributed by atoms with E-state index in [4.69, 9.17) is 16.3 Å². The molecule has 0 atom stereocenters. The molecular formula is C15H16ClNO. The molecule has 1 saturated carbocycles. The van der Waals surface area contributed by atoms with Crippen LogP contribution in [-0.2, 0) is 5.88 Å². The van der Waals surface area contributed by atoms with Crippen molar-refractivity contribution in [3.05, 3.63) is 36.0 Å². The Bertz CT molecular complexity index is 551. The normalized spacial score (nSPS) is 14.9. The number of rotatable bonds is 5. The van der Waals surface area contributed by atoms with Crippen LogP contribution in [0.25, 0.3) is 10.8 Å². The molecule has 1 aliphatic rings. The van der Waals surface area contributed by atoms with E-state index in [2.05, 4.69) is 11.1 Å². The van der Waals surface area contributed by atoms with Gasteiger partial charge in [-0.3, -0.25) is 0 Å². The third-order valence-corrected chi connectivity index (χ3v) is 3.63. The Kier molecular flexibility index (Phi) is 3.37. The number of halogens is 1. The molecule has 1 aromatic heterocycles. The van der Waals surface area contributed by atoms with Crippen LogP contribution >= 0.6 is 11.6 Å². The number of ether oxygens (including phenoxy) is 1. The molecule has 2 nitrogen and oxygen atoms in total. The van der Waals surface area contributed by atoms with Gasteiger partial charge in [-0.1, -0.05) is 31.0 Å².